The predicted molar refractivity (Wildman–Crippen MR) is 47.4 cm³/mol. The van der Waals surface area contributed by atoms with E-state index in [-0.39, 0.29) is 5.91 Å². The minimum atomic E-state index is -0.414. The normalized spacial score (nSPS) is 11.8. The van der Waals surface area contributed by atoms with Crippen molar-refractivity contribution >= 4 is 5.91 Å². The van der Waals surface area contributed by atoms with Crippen LogP contribution in [0.1, 0.15) is 26.2 Å². The Morgan fingerprint density at radius 2 is 2.42 bits per heavy atom. The second kappa shape index (κ2) is 6.68. The average molecular weight is 169 g/mol. The van der Waals surface area contributed by atoms with E-state index in [1.807, 2.05) is 0 Å². The molecular formula is C9H15NO2. The van der Waals surface area contributed by atoms with Crippen LogP contribution in [0, 0.1) is 12.3 Å². The van der Waals surface area contributed by atoms with Gasteiger partial charge in [-0.25, -0.2) is 0 Å². The first-order valence-corrected chi connectivity index (χ1v) is 4.05. The van der Waals surface area contributed by atoms with Crippen molar-refractivity contribution in [1.82, 2.24) is 5.32 Å². The quantitative estimate of drug-likeness (QED) is 0.459. The van der Waals surface area contributed by atoms with Crippen molar-refractivity contribution < 1.29 is 9.90 Å². The summed E-state index contributed by atoms with van der Waals surface area (Å²) in [7, 11) is 0. The molecule has 0 aromatic heterocycles. The maximum atomic E-state index is 10.9. The van der Waals surface area contributed by atoms with Crippen LogP contribution in [0.25, 0.3) is 0 Å². The summed E-state index contributed by atoms with van der Waals surface area (Å²) in [6.45, 7) is 2.18. The highest BCUT2D eigenvalue weighted by atomic mass is 16.3. The van der Waals surface area contributed by atoms with Crippen LogP contribution in [0.2, 0.25) is 0 Å². The van der Waals surface area contributed by atoms with Gasteiger partial charge in [0.2, 0.25) is 5.91 Å². The van der Waals surface area contributed by atoms with Crippen molar-refractivity contribution in [3.63, 3.8) is 0 Å². The lowest BCUT2D eigenvalue weighted by Crippen LogP contribution is -2.24. The van der Waals surface area contributed by atoms with E-state index in [4.69, 9.17) is 11.5 Å². The summed E-state index contributed by atoms with van der Waals surface area (Å²) in [6, 6.07) is 0. The average Bonchev–Trinajstić information content (AvgIpc) is 2.01. The van der Waals surface area contributed by atoms with Crippen LogP contribution in [0.15, 0.2) is 0 Å². The summed E-state index contributed by atoms with van der Waals surface area (Å²) >= 11 is 0. The molecule has 0 radical (unpaired) electrons. The standard InChI is InChI=1S/C9H15NO2/c1-3-4-7-10-9(12)6-5-8(2)11/h1,8,11H,4-7H2,2H3,(H,10,12). The van der Waals surface area contributed by atoms with Gasteiger partial charge < -0.3 is 10.4 Å². The number of aliphatic hydroxyl groups excluding tert-OH is 1. The molecule has 0 aromatic rings. The van der Waals surface area contributed by atoms with Crippen molar-refractivity contribution in [2.75, 3.05) is 6.54 Å². The van der Waals surface area contributed by atoms with Crippen LogP contribution in [0.5, 0.6) is 0 Å². The van der Waals surface area contributed by atoms with Crippen molar-refractivity contribution in [3.05, 3.63) is 0 Å². The van der Waals surface area contributed by atoms with E-state index in [9.17, 15) is 4.79 Å². The number of carbonyl (C=O) groups is 1. The fraction of sp³-hybridized carbons (Fsp3) is 0.667. The van der Waals surface area contributed by atoms with Crippen LogP contribution in [0.3, 0.4) is 0 Å². The van der Waals surface area contributed by atoms with Gasteiger partial charge in [-0.2, -0.15) is 0 Å². The van der Waals surface area contributed by atoms with E-state index in [1.165, 1.54) is 0 Å². The summed E-state index contributed by atoms with van der Waals surface area (Å²) in [6.07, 6.45) is 6.00. The molecule has 3 heteroatoms. The molecule has 12 heavy (non-hydrogen) atoms. The minimum Gasteiger partial charge on any atom is -0.393 e. The third-order valence-corrected chi connectivity index (χ3v) is 1.38. The van der Waals surface area contributed by atoms with E-state index in [0.29, 0.717) is 25.8 Å². The third kappa shape index (κ3) is 7.10. The second-order valence-corrected chi connectivity index (χ2v) is 2.69. The summed E-state index contributed by atoms with van der Waals surface area (Å²) in [5.74, 6) is 2.37. The van der Waals surface area contributed by atoms with Crippen molar-refractivity contribution in [1.29, 1.82) is 0 Å². The van der Waals surface area contributed by atoms with Crippen LogP contribution >= 0.6 is 0 Å². The highest BCUT2D eigenvalue weighted by Gasteiger charge is 2.02. The van der Waals surface area contributed by atoms with E-state index in [0.717, 1.165) is 0 Å². The molecule has 0 heterocycles. The lowest BCUT2D eigenvalue weighted by Gasteiger charge is -2.04. The number of aliphatic hydroxyl groups is 1. The number of rotatable bonds is 5. The number of nitrogens with one attached hydrogen (secondary N) is 1. The zero-order valence-corrected chi connectivity index (χ0v) is 7.34. The van der Waals surface area contributed by atoms with Crippen LogP contribution in [0.4, 0.5) is 0 Å². The Morgan fingerprint density at radius 1 is 1.75 bits per heavy atom. The molecule has 0 aromatic carbocycles. The molecule has 0 saturated heterocycles. The van der Waals surface area contributed by atoms with E-state index < -0.39 is 6.10 Å². The molecule has 0 saturated carbocycles. The van der Waals surface area contributed by atoms with Crippen LogP contribution in [-0.4, -0.2) is 23.7 Å². The Labute approximate surface area is 73.2 Å². The van der Waals surface area contributed by atoms with Crippen molar-refractivity contribution in [2.24, 2.45) is 0 Å². The zero-order chi connectivity index (χ0) is 9.40. The lowest BCUT2D eigenvalue weighted by molar-refractivity contribution is -0.121. The topological polar surface area (TPSA) is 49.3 Å². The van der Waals surface area contributed by atoms with Crippen LogP contribution in [-0.2, 0) is 4.79 Å². The molecule has 1 amide bonds. The maximum absolute atomic E-state index is 10.9. The molecule has 0 aliphatic heterocycles. The third-order valence-electron chi connectivity index (χ3n) is 1.38. The van der Waals surface area contributed by atoms with Gasteiger partial charge in [0.1, 0.15) is 0 Å². The molecular weight excluding hydrogens is 154 g/mol. The molecule has 0 bridgehead atoms. The number of terminal acetylenes is 1. The lowest BCUT2D eigenvalue weighted by atomic mass is 10.2. The fourth-order valence-electron chi connectivity index (χ4n) is 0.702. The van der Waals surface area contributed by atoms with E-state index in [2.05, 4.69) is 11.2 Å². The van der Waals surface area contributed by atoms with Gasteiger partial charge in [0.15, 0.2) is 0 Å². The molecule has 0 rings (SSSR count). The fourth-order valence-corrected chi connectivity index (χ4v) is 0.702. The molecule has 0 fully saturated rings. The highest BCUT2D eigenvalue weighted by Crippen LogP contribution is 1.94. The molecule has 68 valence electrons. The summed E-state index contributed by atoms with van der Waals surface area (Å²) in [4.78, 5) is 10.9. The van der Waals surface area contributed by atoms with Crippen LogP contribution < -0.4 is 5.32 Å². The molecule has 1 atom stereocenters. The molecule has 2 N–H and O–H groups in total. The van der Waals surface area contributed by atoms with Gasteiger partial charge in [0, 0.05) is 19.4 Å². The Morgan fingerprint density at radius 3 is 2.92 bits per heavy atom. The Balaban J connectivity index is 3.29. The van der Waals surface area contributed by atoms with Gasteiger partial charge in [-0.15, -0.1) is 12.3 Å². The Kier molecular flexibility index (Phi) is 6.12. The molecule has 0 aliphatic rings. The first-order chi connectivity index (χ1) is 5.66. The van der Waals surface area contributed by atoms with Gasteiger partial charge >= 0.3 is 0 Å². The zero-order valence-electron chi connectivity index (χ0n) is 7.34. The molecule has 1 unspecified atom stereocenters. The monoisotopic (exact) mass is 169 g/mol. The van der Waals surface area contributed by atoms with Gasteiger partial charge in [0.05, 0.1) is 6.10 Å². The molecule has 3 nitrogen and oxygen atoms in total. The minimum absolute atomic E-state index is 0.0499. The summed E-state index contributed by atoms with van der Waals surface area (Å²) in [5, 5.41) is 11.5. The predicted octanol–water partition coefficient (Wildman–Crippen LogP) is 0.287. The first-order valence-electron chi connectivity index (χ1n) is 4.05. The highest BCUT2D eigenvalue weighted by molar-refractivity contribution is 5.75. The van der Waals surface area contributed by atoms with E-state index >= 15 is 0 Å². The van der Waals surface area contributed by atoms with Crippen molar-refractivity contribution in [3.8, 4) is 12.3 Å². The number of carbonyl (C=O) groups excluding carboxylic acids is 1. The maximum Gasteiger partial charge on any atom is 0.220 e. The SMILES string of the molecule is C#CCCNC(=O)CCC(C)O. The number of hydrogen-bond acceptors (Lipinski definition) is 2. The smallest absolute Gasteiger partial charge is 0.220 e. The Bertz CT molecular complexity index is 170. The van der Waals surface area contributed by atoms with Crippen molar-refractivity contribution in [2.45, 2.75) is 32.3 Å². The van der Waals surface area contributed by atoms with Gasteiger partial charge in [0.25, 0.3) is 0 Å². The van der Waals surface area contributed by atoms with E-state index in [1.54, 1.807) is 6.92 Å². The molecule has 0 spiro atoms. The van der Waals surface area contributed by atoms with Gasteiger partial charge in [-0.1, -0.05) is 0 Å². The number of hydrogen-bond donors (Lipinski definition) is 2. The van der Waals surface area contributed by atoms with Gasteiger partial charge in [-0.3, -0.25) is 4.79 Å². The second-order valence-electron chi connectivity index (χ2n) is 2.69. The largest absolute Gasteiger partial charge is 0.393 e. The Hall–Kier alpha value is -1.01. The summed E-state index contributed by atoms with van der Waals surface area (Å²) in [5.41, 5.74) is 0. The number of amides is 1. The molecule has 0 aliphatic carbocycles. The first kappa shape index (κ1) is 11.0. The summed E-state index contributed by atoms with van der Waals surface area (Å²) < 4.78 is 0. The van der Waals surface area contributed by atoms with Gasteiger partial charge in [-0.05, 0) is 13.3 Å².